The summed E-state index contributed by atoms with van der Waals surface area (Å²) in [6.07, 6.45) is 5.57. The SMILES string of the molecule is CCn1ccnc1C(NN)c1ccnc2ccccc12. The number of hydrogen-bond acceptors (Lipinski definition) is 4. The molecule has 5 nitrogen and oxygen atoms in total. The van der Waals surface area contributed by atoms with Crippen LogP contribution in [0.1, 0.15) is 24.4 Å². The number of aromatic nitrogens is 3. The second kappa shape index (κ2) is 5.40. The van der Waals surface area contributed by atoms with Gasteiger partial charge in [-0.3, -0.25) is 10.8 Å². The van der Waals surface area contributed by atoms with E-state index in [2.05, 4.69) is 33.0 Å². The van der Waals surface area contributed by atoms with Crippen molar-refractivity contribution < 1.29 is 0 Å². The number of aryl methyl sites for hydroxylation is 1. The number of hydrogen-bond donors (Lipinski definition) is 2. The summed E-state index contributed by atoms with van der Waals surface area (Å²) < 4.78 is 2.08. The number of nitrogens with one attached hydrogen (secondary N) is 1. The normalized spacial score (nSPS) is 12.7. The molecule has 1 unspecified atom stereocenters. The standard InChI is InChI=1S/C15H17N5/c1-2-20-10-9-18-15(20)14(19-16)12-7-8-17-13-6-4-3-5-11(12)13/h3-10,14,19H,2,16H2,1H3. The van der Waals surface area contributed by atoms with E-state index in [4.69, 9.17) is 5.84 Å². The van der Waals surface area contributed by atoms with Crippen LogP contribution in [-0.4, -0.2) is 14.5 Å². The topological polar surface area (TPSA) is 68.8 Å². The van der Waals surface area contributed by atoms with Gasteiger partial charge in [-0.05, 0) is 24.6 Å². The molecule has 0 saturated carbocycles. The average Bonchev–Trinajstić information content (AvgIpc) is 2.97. The number of pyridine rings is 1. The minimum atomic E-state index is -0.155. The number of imidazole rings is 1. The maximum atomic E-state index is 5.79. The van der Waals surface area contributed by atoms with Crippen molar-refractivity contribution in [2.75, 3.05) is 0 Å². The van der Waals surface area contributed by atoms with Gasteiger partial charge in [-0.25, -0.2) is 10.4 Å². The monoisotopic (exact) mass is 267 g/mol. The molecule has 0 aliphatic heterocycles. The van der Waals surface area contributed by atoms with Gasteiger partial charge < -0.3 is 4.57 Å². The van der Waals surface area contributed by atoms with Crippen molar-refractivity contribution in [2.45, 2.75) is 19.5 Å². The molecular formula is C15H17N5. The first-order chi connectivity index (χ1) is 9.85. The van der Waals surface area contributed by atoms with Crippen LogP contribution in [0.5, 0.6) is 0 Å². The van der Waals surface area contributed by atoms with Gasteiger partial charge >= 0.3 is 0 Å². The first-order valence-electron chi connectivity index (χ1n) is 6.66. The first-order valence-corrected chi connectivity index (χ1v) is 6.66. The summed E-state index contributed by atoms with van der Waals surface area (Å²) in [5, 5.41) is 1.09. The molecule has 1 aromatic carbocycles. The Morgan fingerprint density at radius 2 is 2.05 bits per heavy atom. The van der Waals surface area contributed by atoms with Gasteiger partial charge in [0.1, 0.15) is 11.9 Å². The van der Waals surface area contributed by atoms with E-state index >= 15 is 0 Å². The van der Waals surface area contributed by atoms with Gasteiger partial charge in [0, 0.05) is 30.5 Å². The number of nitrogens with zero attached hydrogens (tertiary/aromatic N) is 3. The van der Waals surface area contributed by atoms with Crippen molar-refractivity contribution >= 4 is 10.9 Å². The Labute approximate surface area is 117 Å². The van der Waals surface area contributed by atoms with E-state index in [1.807, 2.05) is 30.5 Å². The summed E-state index contributed by atoms with van der Waals surface area (Å²) in [5.41, 5.74) is 4.92. The van der Waals surface area contributed by atoms with Crippen LogP contribution in [0, 0.1) is 0 Å². The van der Waals surface area contributed by atoms with Crippen molar-refractivity contribution in [1.29, 1.82) is 0 Å². The third-order valence-electron chi connectivity index (χ3n) is 3.51. The van der Waals surface area contributed by atoms with Gasteiger partial charge in [0.2, 0.25) is 0 Å². The zero-order chi connectivity index (χ0) is 13.9. The largest absolute Gasteiger partial charge is 0.334 e. The summed E-state index contributed by atoms with van der Waals surface area (Å²) in [4.78, 5) is 8.83. The molecule has 5 heteroatoms. The lowest BCUT2D eigenvalue weighted by atomic mass is 10.0. The number of rotatable bonds is 4. The van der Waals surface area contributed by atoms with Gasteiger partial charge in [0.15, 0.2) is 0 Å². The van der Waals surface area contributed by atoms with Gasteiger partial charge in [0.25, 0.3) is 0 Å². The first kappa shape index (κ1) is 12.8. The Morgan fingerprint density at radius 1 is 1.20 bits per heavy atom. The number of hydrazine groups is 1. The van der Waals surface area contributed by atoms with Crippen LogP contribution in [0.15, 0.2) is 48.9 Å². The number of nitrogens with two attached hydrogens (primary N) is 1. The molecule has 102 valence electrons. The Kier molecular flexibility index (Phi) is 3.45. The minimum Gasteiger partial charge on any atom is -0.334 e. The molecule has 2 heterocycles. The molecule has 0 aliphatic carbocycles. The summed E-state index contributed by atoms with van der Waals surface area (Å²) in [5.74, 6) is 6.70. The highest BCUT2D eigenvalue weighted by Crippen LogP contribution is 2.26. The van der Waals surface area contributed by atoms with Crippen LogP contribution in [-0.2, 0) is 6.54 Å². The zero-order valence-electron chi connectivity index (χ0n) is 11.3. The second-order valence-electron chi connectivity index (χ2n) is 4.59. The van der Waals surface area contributed by atoms with Crippen molar-refractivity contribution in [3.63, 3.8) is 0 Å². The number of fused-ring (bicyclic) bond motifs is 1. The quantitative estimate of drug-likeness (QED) is 0.560. The predicted molar refractivity (Wildman–Crippen MR) is 78.8 cm³/mol. The molecular weight excluding hydrogens is 250 g/mol. The molecule has 3 rings (SSSR count). The molecule has 1 atom stereocenters. The summed E-state index contributed by atoms with van der Waals surface area (Å²) in [7, 11) is 0. The third kappa shape index (κ3) is 2.07. The van der Waals surface area contributed by atoms with E-state index in [0.717, 1.165) is 28.8 Å². The minimum absolute atomic E-state index is 0.155. The lowest BCUT2D eigenvalue weighted by molar-refractivity contribution is 0.563. The molecule has 0 saturated heterocycles. The van der Waals surface area contributed by atoms with E-state index in [-0.39, 0.29) is 6.04 Å². The molecule has 0 fully saturated rings. The van der Waals surface area contributed by atoms with Crippen LogP contribution in [0.3, 0.4) is 0 Å². The maximum absolute atomic E-state index is 5.79. The van der Waals surface area contributed by atoms with E-state index in [0.29, 0.717) is 0 Å². The van der Waals surface area contributed by atoms with Crippen molar-refractivity contribution in [1.82, 2.24) is 20.0 Å². The molecule has 20 heavy (non-hydrogen) atoms. The highest BCUT2D eigenvalue weighted by Gasteiger charge is 2.19. The molecule has 0 bridgehead atoms. The maximum Gasteiger partial charge on any atom is 0.131 e. The number of para-hydroxylation sites is 1. The smallest absolute Gasteiger partial charge is 0.131 e. The van der Waals surface area contributed by atoms with Crippen LogP contribution in [0.25, 0.3) is 10.9 Å². The highest BCUT2D eigenvalue weighted by atomic mass is 15.3. The van der Waals surface area contributed by atoms with Crippen molar-refractivity contribution in [3.8, 4) is 0 Å². The van der Waals surface area contributed by atoms with Gasteiger partial charge in [0.05, 0.1) is 5.52 Å². The fourth-order valence-corrected chi connectivity index (χ4v) is 2.52. The van der Waals surface area contributed by atoms with Crippen LogP contribution in [0.4, 0.5) is 0 Å². The lowest BCUT2D eigenvalue weighted by Gasteiger charge is -2.18. The fourth-order valence-electron chi connectivity index (χ4n) is 2.52. The average molecular weight is 267 g/mol. The number of benzene rings is 1. The molecule has 0 amide bonds. The van der Waals surface area contributed by atoms with Crippen LogP contribution in [0.2, 0.25) is 0 Å². The summed E-state index contributed by atoms with van der Waals surface area (Å²) >= 11 is 0. The molecule has 3 N–H and O–H groups in total. The lowest BCUT2D eigenvalue weighted by Crippen LogP contribution is -2.31. The predicted octanol–water partition coefficient (Wildman–Crippen LogP) is 2.00. The van der Waals surface area contributed by atoms with Gasteiger partial charge in [-0.2, -0.15) is 0 Å². The van der Waals surface area contributed by atoms with Crippen molar-refractivity contribution in [3.05, 3.63) is 60.3 Å². The Balaban J connectivity index is 2.17. The van der Waals surface area contributed by atoms with Crippen LogP contribution < -0.4 is 11.3 Å². The van der Waals surface area contributed by atoms with Gasteiger partial charge in [-0.15, -0.1) is 0 Å². The van der Waals surface area contributed by atoms with E-state index in [9.17, 15) is 0 Å². The zero-order valence-corrected chi connectivity index (χ0v) is 11.3. The van der Waals surface area contributed by atoms with Crippen molar-refractivity contribution in [2.24, 2.45) is 5.84 Å². The molecule has 2 aromatic heterocycles. The third-order valence-corrected chi connectivity index (χ3v) is 3.51. The summed E-state index contributed by atoms with van der Waals surface area (Å²) in [6.45, 7) is 2.94. The summed E-state index contributed by atoms with van der Waals surface area (Å²) in [6, 6.07) is 9.88. The molecule has 3 aromatic rings. The molecule has 0 radical (unpaired) electrons. The Bertz CT molecular complexity index is 714. The Hall–Kier alpha value is -2.24. The molecule has 0 aliphatic rings. The van der Waals surface area contributed by atoms with E-state index < -0.39 is 0 Å². The second-order valence-corrected chi connectivity index (χ2v) is 4.59. The van der Waals surface area contributed by atoms with Crippen LogP contribution >= 0.6 is 0 Å². The molecule has 0 spiro atoms. The van der Waals surface area contributed by atoms with E-state index in [1.54, 1.807) is 12.4 Å². The van der Waals surface area contributed by atoms with Gasteiger partial charge in [-0.1, -0.05) is 18.2 Å². The Morgan fingerprint density at radius 3 is 2.85 bits per heavy atom. The van der Waals surface area contributed by atoms with E-state index in [1.165, 1.54) is 0 Å². The fraction of sp³-hybridized carbons (Fsp3) is 0.200. The highest BCUT2D eigenvalue weighted by molar-refractivity contribution is 5.82.